The highest BCUT2D eigenvalue weighted by Gasteiger charge is 2.11. The van der Waals surface area contributed by atoms with E-state index in [0.717, 1.165) is 14.7 Å². The summed E-state index contributed by atoms with van der Waals surface area (Å²) in [5.41, 5.74) is 2.58. The molecule has 2 N–H and O–H groups in total. The number of carbonyl (C=O) groups is 2. The Morgan fingerprint density at radius 1 is 0.821 bits per heavy atom. The van der Waals surface area contributed by atoms with E-state index in [2.05, 4.69) is 31.5 Å². The molecule has 3 aromatic carbocycles. The smallest absolute Gasteiger partial charge is 0.257 e. The van der Waals surface area contributed by atoms with Crippen molar-refractivity contribution in [3.63, 3.8) is 0 Å². The number of carbonyl (C=O) groups excluding carboxylic acids is 2. The molecular weight excluding hydrogens is 438 g/mol. The molecule has 0 radical (unpaired) electrons. The van der Waals surface area contributed by atoms with Gasteiger partial charge >= 0.3 is 0 Å². The maximum Gasteiger partial charge on any atom is 0.257 e. The second-order valence-corrected chi connectivity index (χ2v) is 7.93. The van der Waals surface area contributed by atoms with Crippen LogP contribution < -0.4 is 10.6 Å². The number of benzene rings is 3. The number of halogens is 1. The number of amides is 2. The van der Waals surface area contributed by atoms with Crippen LogP contribution in [0.25, 0.3) is 10.2 Å². The third-order valence-corrected chi connectivity index (χ3v) is 5.47. The summed E-state index contributed by atoms with van der Waals surface area (Å²) in [5, 5.41) is 6.21. The predicted molar refractivity (Wildman–Crippen MR) is 116 cm³/mol. The first kappa shape index (κ1) is 18.3. The molecule has 0 unspecified atom stereocenters. The highest BCUT2D eigenvalue weighted by atomic mass is 79.9. The molecule has 4 aromatic rings. The molecule has 0 fully saturated rings. The van der Waals surface area contributed by atoms with Crippen LogP contribution in [0.1, 0.15) is 20.7 Å². The molecule has 1 aromatic heterocycles. The Hall–Kier alpha value is -3.03. The Morgan fingerprint density at radius 3 is 2.25 bits per heavy atom. The fourth-order valence-corrected chi connectivity index (χ4v) is 3.78. The summed E-state index contributed by atoms with van der Waals surface area (Å²) in [6.45, 7) is 0. The summed E-state index contributed by atoms with van der Waals surface area (Å²) in [6, 6.07) is 21.6. The van der Waals surface area contributed by atoms with Crippen molar-refractivity contribution in [1.82, 2.24) is 4.98 Å². The number of aromatic nitrogens is 1. The van der Waals surface area contributed by atoms with Crippen molar-refractivity contribution in [3.05, 3.63) is 88.4 Å². The van der Waals surface area contributed by atoms with E-state index < -0.39 is 0 Å². The van der Waals surface area contributed by atoms with Gasteiger partial charge < -0.3 is 5.32 Å². The Morgan fingerprint density at radius 2 is 1.50 bits per heavy atom. The van der Waals surface area contributed by atoms with Crippen molar-refractivity contribution in [2.24, 2.45) is 0 Å². The molecule has 28 heavy (non-hydrogen) atoms. The zero-order chi connectivity index (χ0) is 19.5. The first-order valence-electron chi connectivity index (χ1n) is 8.42. The number of rotatable bonds is 4. The van der Waals surface area contributed by atoms with Crippen LogP contribution in [0.3, 0.4) is 0 Å². The van der Waals surface area contributed by atoms with Gasteiger partial charge in [-0.15, -0.1) is 0 Å². The van der Waals surface area contributed by atoms with E-state index in [1.54, 1.807) is 30.3 Å². The molecule has 0 aliphatic rings. The molecule has 0 aliphatic heterocycles. The van der Waals surface area contributed by atoms with Crippen LogP contribution in [0.2, 0.25) is 0 Å². The number of nitrogens with zero attached hydrogens (tertiary/aromatic N) is 1. The van der Waals surface area contributed by atoms with E-state index in [1.807, 2.05) is 42.5 Å². The third-order valence-electron chi connectivity index (χ3n) is 4.01. The topological polar surface area (TPSA) is 71.1 Å². The number of fused-ring (bicyclic) bond motifs is 1. The molecule has 2 amide bonds. The lowest BCUT2D eigenvalue weighted by molar-refractivity contribution is 0.101. The van der Waals surface area contributed by atoms with Gasteiger partial charge in [-0.3, -0.25) is 14.9 Å². The summed E-state index contributed by atoms with van der Waals surface area (Å²) >= 11 is 4.71. The number of hydrogen-bond acceptors (Lipinski definition) is 4. The predicted octanol–water partition coefficient (Wildman–Crippen LogP) is 5.56. The van der Waals surface area contributed by atoms with Crippen LogP contribution in [0.15, 0.2) is 77.3 Å². The van der Waals surface area contributed by atoms with E-state index in [0.29, 0.717) is 21.9 Å². The Balaban J connectivity index is 1.51. The van der Waals surface area contributed by atoms with E-state index in [-0.39, 0.29) is 11.8 Å². The molecule has 7 heteroatoms. The van der Waals surface area contributed by atoms with Crippen LogP contribution in [0.5, 0.6) is 0 Å². The molecule has 1 heterocycles. The van der Waals surface area contributed by atoms with Crippen LogP contribution in [0.4, 0.5) is 10.8 Å². The van der Waals surface area contributed by atoms with Crippen molar-refractivity contribution < 1.29 is 9.59 Å². The number of nitrogens with one attached hydrogen (secondary N) is 2. The van der Waals surface area contributed by atoms with Crippen LogP contribution in [-0.4, -0.2) is 16.8 Å². The molecule has 0 saturated carbocycles. The standard InChI is InChI=1S/C21H14BrN3O2S/c22-15-8-6-14(7-9-15)19(26)23-16-10-11-17-18(12-16)28-21(24-17)25-20(27)13-4-2-1-3-5-13/h1-12H,(H,23,26)(H,24,25,27). The minimum absolute atomic E-state index is 0.186. The maximum atomic E-state index is 12.4. The lowest BCUT2D eigenvalue weighted by Gasteiger charge is -2.05. The minimum Gasteiger partial charge on any atom is -0.322 e. The van der Waals surface area contributed by atoms with E-state index in [9.17, 15) is 9.59 Å². The van der Waals surface area contributed by atoms with Gasteiger partial charge in [0.25, 0.3) is 11.8 Å². The molecule has 4 rings (SSSR count). The fourth-order valence-electron chi connectivity index (χ4n) is 2.62. The summed E-state index contributed by atoms with van der Waals surface area (Å²) in [5.74, 6) is -0.391. The largest absolute Gasteiger partial charge is 0.322 e. The molecular formula is C21H14BrN3O2S. The van der Waals surface area contributed by atoms with Gasteiger partial charge in [0, 0.05) is 21.3 Å². The third kappa shape index (κ3) is 4.11. The van der Waals surface area contributed by atoms with Crippen molar-refractivity contribution in [2.75, 3.05) is 10.6 Å². The SMILES string of the molecule is O=C(Nc1ccc2nc(NC(=O)c3ccccc3)sc2c1)c1ccc(Br)cc1. The first-order valence-corrected chi connectivity index (χ1v) is 10.0. The molecule has 0 spiro atoms. The Bertz CT molecular complexity index is 1160. The average Bonchev–Trinajstić information content (AvgIpc) is 3.10. The zero-order valence-corrected chi connectivity index (χ0v) is 16.9. The van der Waals surface area contributed by atoms with Gasteiger partial charge in [0.05, 0.1) is 10.2 Å². The normalized spacial score (nSPS) is 10.6. The average molecular weight is 452 g/mol. The Labute approximate surface area is 173 Å². The monoisotopic (exact) mass is 451 g/mol. The fraction of sp³-hybridized carbons (Fsp3) is 0. The van der Waals surface area contributed by atoms with Gasteiger partial charge in [0.2, 0.25) is 0 Å². The summed E-state index contributed by atoms with van der Waals surface area (Å²) in [4.78, 5) is 29.1. The second kappa shape index (κ2) is 7.92. The van der Waals surface area contributed by atoms with Crippen molar-refractivity contribution >= 4 is 60.1 Å². The minimum atomic E-state index is -0.205. The van der Waals surface area contributed by atoms with E-state index in [1.165, 1.54) is 11.3 Å². The van der Waals surface area contributed by atoms with Gasteiger partial charge in [-0.25, -0.2) is 4.98 Å². The van der Waals surface area contributed by atoms with Gasteiger partial charge in [-0.2, -0.15) is 0 Å². The van der Waals surface area contributed by atoms with Crippen molar-refractivity contribution in [1.29, 1.82) is 0 Å². The highest BCUT2D eigenvalue weighted by molar-refractivity contribution is 9.10. The molecule has 0 bridgehead atoms. The van der Waals surface area contributed by atoms with Crippen LogP contribution >= 0.6 is 27.3 Å². The lowest BCUT2D eigenvalue weighted by Crippen LogP contribution is -2.11. The van der Waals surface area contributed by atoms with Gasteiger partial charge in [-0.1, -0.05) is 45.5 Å². The molecule has 0 aliphatic carbocycles. The van der Waals surface area contributed by atoms with Gasteiger partial charge in [0.15, 0.2) is 5.13 Å². The lowest BCUT2D eigenvalue weighted by atomic mass is 10.2. The number of anilines is 2. The van der Waals surface area contributed by atoms with Crippen molar-refractivity contribution in [3.8, 4) is 0 Å². The summed E-state index contributed by atoms with van der Waals surface area (Å²) in [7, 11) is 0. The Kier molecular flexibility index (Phi) is 5.18. The van der Waals surface area contributed by atoms with Crippen LogP contribution in [0, 0.1) is 0 Å². The molecule has 0 atom stereocenters. The van der Waals surface area contributed by atoms with Gasteiger partial charge in [-0.05, 0) is 54.6 Å². The maximum absolute atomic E-state index is 12.4. The highest BCUT2D eigenvalue weighted by Crippen LogP contribution is 2.29. The zero-order valence-electron chi connectivity index (χ0n) is 14.5. The molecule has 0 saturated heterocycles. The van der Waals surface area contributed by atoms with Crippen LogP contribution in [-0.2, 0) is 0 Å². The van der Waals surface area contributed by atoms with E-state index in [4.69, 9.17) is 0 Å². The summed E-state index contributed by atoms with van der Waals surface area (Å²) in [6.07, 6.45) is 0. The summed E-state index contributed by atoms with van der Waals surface area (Å²) < 4.78 is 1.79. The second-order valence-electron chi connectivity index (χ2n) is 5.98. The van der Waals surface area contributed by atoms with Crippen molar-refractivity contribution in [2.45, 2.75) is 0 Å². The molecule has 138 valence electrons. The van der Waals surface area contributed by atoms with E-state index >= 15 is 0 Å². The number of thiazole rings is 1. The molecule has 5 nitrogen and oxygen atoms in total. The quantitative estimate of drug-likeness (QED) is 0.426. The number of hydrogen-bond donors (Lipinski definition) is 2. The van der Waals surface area contributed by atoms with Gasteiger partial charge in [0.1, 0.15) is 0 Å². The first-order chi connectivity index (χ1) is 13.6.